The predicted octanol–water partition coefficient (Wildman–Crippen LogP) is 0.416. The minimum Gasteiger partial charge on any atom is -0.317 e. The highest BCUT2D eigenvalue weighted by atomic mass is 15.0. The second-order valence-electron chi connectivity index (χ2n) is 4.21. The maximum absolute atomic E-state index is 3.72. The molecule has 3 heterocycles. The average molecular weight is 251 g/mol. The SMILES string of the molecule is C1CCNCC1.C1CNCCN1.c1cnccn1. The predicted molar refractivity (Wildman–Crippen MR) is 74.5 cm³/mol. The largest absolute Gasteiger partial charge is 0.317 e. The van der Waals surface area contributed by atoms with Crippen LogP contribution in [-0.4, -0.2) is 49.2 Å². The third kappa shape index (κ3) is 10.1. The molecule has 2 saturated heterocycles. The van der Waals surface area contributed by atoms with E-state index in [1.807, 2.05) is 0 Å². The summed E-state index contributed by atoms with van der Waals surface area (Å²) in [5.41, 5.74) is 0. The first-order chi connectivity index (χ1) is 9.00. The molecule has 0 unspecified atom stereocenters. The molecule has 1 aromatic rings. The molecule has 2 fully saturated rings. The van der Waals surface area contributed by atoms with Gasteiger partial charge in [0.15, 0.2) is 0 Å². The third-order valence-electron chi connectivity index (χ3n) is 2.64. The molecule has 0 amide bonds. The molecule has 2 aliphatic rings. The Bertz CT molecular complexity index is 185. The maximum atomic E-state index is 3.72. The van der Waals surface area contributed by atoms with Crippen LogP contribution in [0.1, 0.15) is 19.3 Å². The lowest BCUT2D eigenvalue weighted by molar-refractivity contribution is 0.520. The van der Waals surface area contributed by atoms with E-state index in [-0.39, 0.29) is 0 Å². The zero-order chi connectivity index (χ0) is 12.7. The summed E-state index contributed by atoms with van der Waals surface area (Å²) in [5.74, 6) is 0. The van der Waals surface area contributed by atoms with Gasteiger partial charge in [0.05, 0.1) is 0 Å². The van der Waals surface area contributed by atoms with Crippen LogP contribution in [0.5, 0.6) is 0 Å². The molecule has 1 aromatic heterocycles. The molecule has 3 N–H and O–H groups in total. The van der Waals surface area contributed by atoms with E-state index < -0.39 is 0 Å². The molecule has 0 saturated carbocycles. The van der Waals surface area contributed by atoms with Crippen molar-refractivity contribution in [1.29, 1.82) is 0 Å². The van der Waals surface area contributed by atoms with E-state index in [9.17, 15) is 0 Å². The van der Waals surface area contributed by atoms with Gasteiger partial charge in [0.2, 0.25) is 0 Å². The smallest absolute Gasteiger partial charge is 0.0451 e. The summed E-state index contributed by atoms with van der Waals surface area (Å²) in [4.78, 5) is 7.44. The van der Waals surface area contributed by atoms with Crippen molar-refractivity contribution in [2.45, 2.75) is 19.3 Å². The molecule has 0 aromatic carbocycles. The molecule has 3 rings (SSSR count). The number of hydrogen-bond donors (Lipinski definition) is 3. The van der Waals surface area contributed by atoms with Gasteiger partial charge in [-0.25, -0.2) is 0 Å². The molecule has 2 aliphatic heterocycles. The van der Waals surface area contributed by atoms with Gasteiger partial charge in [-0.2, -0.15) is 0 Å². The van der Waals surface area contributed by atoms with Gasteiger partial charge >= 0.3 is 0 Å². The Labute approximate surface area is 110 Å². The molecule has 5 nitrogen and oxygen atoms in total. The third-order valence-corrected chi connectivity index (χ3v) is 2.64. The van der Waals surface area contributed by atoms with Crippen LogP contribution in [0, 0.1) is 0 Å². The van der Waals surface area contributed by atoms with Crippen LogP contribution in [0.15, 0.2) is 24.8 Å². The number of aromatic nitrogens is 2. The molecular weight excluding hydrogens is 226 g/mol. The second kappa shape index (κ2) is 12.4. The van der Waals surface area contributed by atoms with Crippen LogP contribution in [0.2, 0.25) is 0 Å². The first kappa shape index (κ1) is 15.0. The van der Waals surface area contributed by atoms with Crippen molar-refractivity contribution in [2.75, 3.05) is 39.3 Å². The van der Waals surface area contributed by atoms with Gasteiger partial charge in [-0.3, -0.25) is 9.97 Å². The monoisotopic (exact) mass is 251 g/mol. The number of nitrogens with one attached hydrogen (secondary N) is 3. The zero-order valence-electron chi connectivity index (χ0n) is 11.1. The molecule has 102 valence electrons. The van der Waals surface area contributed by atoms with Gasteiger partial charge < -0.3 is 16.0 Å². The molecule has 18 heavy (non-hydrogen) atoms. The number of piperidine rings is 1. The Hall–Kier alpha value is -1.04. The van der Waals surface area contributed by atoms with E-state index >= 15 is 0 Å². The highest BCUT2D eigenvalue weighted by Gasteiger charge is 1.93. The quantitative estimate of drug-likeness (QED) is 0.624. The summed E-state index contributed by atoms with van der Waals surface area (Å²) in [6.45, 7) is 7.06. The van der Waals surface area contributed by atoms with Crippen molar-refractivity contribution >= 4 is 0 Å². The van der Waals surface area contributed by atoms with Crippen molar-refractivity contribution in [1.82, 2.24) is 25.9 Å². The van der Waals surface area contributed by atoms with Gasteiger partial charge in [0.25, 0.3) is 0 Å². The number of rotatable bonds is 0. The Kier molecular flexibility index (Phi) is 10.4. The van der Waals surface area contributed by atoms with Crippen molar-refractivity contribution < 1.29 is 0 Å². The van der Waals surface area contributed by atoms with E-state index in [1.165, 1.54) is 32.4 Å². The molecular formula is C13H25N5. The van der Waals surface area contributed by atoms with Crippen LogP contribution in [-0.2, 0) is 0 Å². The summed E-state index contributed by atoms with van der Waals surface area (Å²) in [6.07, 6.45) is 10.8. The van der Waals surface area contributed by atoms with Gasteiger partial charge in [-0.1, -0.05) is 6.42 Å². The fraction of sp³-hybridized carbons (Fsp3) is 0.692. The lowest BCUT2D eigenvalue weighted by Gasteiger charge is -2.11. The molecule has 0 spiro atoms. The Morgan fingerprint density at radius 2 is 0.889 bits per heavy atom. The Morgan fingerprint density at radius 1 is 0.500 bits per heavy atom. The van der Waals surface area contributed by atoms with Gasteiger partial charge in [-0.05, 0) is 25.9 Å². The van der Waals surface area contributed by atoms with Crippen molar-refractivity contribution in [3.63, 3.8) is 0 Å². The van der Waals surface area contributed by atoms with E-state index in [4.69, 9.17) is 0 Å². The maximum Gasteiger partial charge on any atom is 0.0451 e. The standard InChI is InChI=1S/C5H11N.C4H10N2.C4H4N2/c1-2-4-6-5-3-1;2*1-2-6-4-3-5-1/h6H,1-5H2;5-6H,1-4H2;1-4H. The van der Waals surface area contributed by atoms with E-state index in [2.05, 4.69) is 25.9 Å². The molecule has 0 aliphatic carbocycles. The van der Waals surface area contributed by atoms with Crippen molar-refractivity contribution in [3.05, 3.63) is 24.8 Å². The van der Waals surface area contributed by atoms with Crippen LogP contribution in [0.25, 0.3) is 0 Å². The Balaban J connectivity index is 0.000000135. The van der Waals surface area contributed by atoms with E-state index in [0.29, 0.717) is 0 Å². The van der Waals surface area contributed by atoms with Gasteiger partial charge in [0.1, 0.15) is 0 Å². The summed E-state index contributed by atoms with van der Waals surface area (Å²) in [6, 6.07) is 0. The van der Waals surface area contributed by atoms with Crippen LogP contribution >= 0.6 is 0 Å². The minimum atomic E-state index is 1.14. The van der Waals surface area contributed by atoms with Gasteiger partial charge in [0, 0.05) is 51.0 Å². The average Bonchev–Trinajstić information content (AvgIpc) is 2.54. The van der Waals surface area contributed by atoms with Gasteiger partial charge in [-0.15, -0.1) is 0 Å². The number of nitrogens with zero attached hydrogens (tertiary/aromatic N) is 2. The Morgan fingerprint density at radius 3 is 1.06 bits per heavy atom. The van der Waals surface area contributed by atoms with Crippen molar-refractivity contribution in [2.24, 2.45) is 0 Å². The second-order valence-corrected chi connectivity index (χ2v) is 4.21. The number of piperazine rings is 1. The lowest BCUT2D eigenvalue weighted by Crippen LogP contribution is -2.39. The molecule has 5 heteroatoms. The fourth-order valence-corrected chi connectivity index (χ4v) is 1.66. The van der Waals surface area contributed by atoms with Crippen LogP contribution in [0.4, 0.5) is 0 Å². The molecule has 0 radical (unpaired) electrons. The van der Waals surface area contributed by atoms with E-state index in [1.54, 1.807) is 24.8 Å². The summed E-state index contributed by atoms with van der Waals surface area (Å²) < 4.78 is 0. The van der Waals surface area contributed by atoms with Crippen molar-refractivity contribution in [3.8, 4) is 0 Å². The minimum absolute atomic E-state index is 1.14. The fourth-order valence-electron chi connectivity index (χ4n) is 1.66. The normalized spacial score (nSPS) is 18.7. The molecule has 0 bridgehead atoms. The highest BCUT2D eigenvalue weighted by Crippen LogP contribution is 1.96. The topological polar surface area (TPSA) is 61.9 Å². The lowest BCUT2D eigenvalue weighted by atomic mass is 10.2. The first-order valence-electron chi connectivity index (χ1n) is 6.82. The van der Waals surface area contributed by atoms with E-state index in [0.717, 1.165) is 26.2 Å². The van der Waals surface area contributed by atoms with Crippen LogP contribution < -0.4 is 16.0 Å². The molecule has 0 atom stereocenters. The number of hydrogen-bond acceptors (Lipinski definition) is 5. The highest BCUT2D eigenvalue weighted by molar-refractivity contribution is 4.70. The zero-order valence-corrected chi connectivity index (χ0v) is 11.1. The summed E-state index contributed by atoms with van der Waals surface area (Å²) in [7, 11) is 0. The van der Waals surface area contributed by atoms with Crippen LogP contribution in [0.3, 0.4) is 0 Å². The first-order valence-corrected chi connectivity index (χ1v) is 6.82. The summed E-state index contributed by atoms with van der Waals surface area (Å²) in [5, 5.41) is 9.73. The summed E-state index contributed by atoms with van der Waals surface area (Å²) >= 11 is 0.